The molecule has 7 rings (SSSR count). The Bertz CT molecular complexity index is 1510. The number of aromatic nitrogens is 2. The van der Waals surface area contributed by atoms with Crippen molar-refractivity contribution in [3.63, 3.8) is 0 Å². The van der Waals surface area contributed by atoms with Crippen molar-refractivity contribution in [2.45, 2.75) is 81.9 Å². The molecule has 2 bridgehead atoms. The summed E-state index contributed by atoms with van der Waals surface area (Å²) in [6, 6.07) is 23.1. The van der Waals surface area contributed by atoms with Crippen LogP contribution in [0.1, 0.15) is 38.0 Å². The quantitative estimate of drug-likeness (QED) is 0.310. The summed E-state index contributed by atoms with van der Waals surface area (Å²) in [6.45, 7) is 7.54. The maximum absolute atomic E-state index is 12.8. The van der Waals surface area contributed by atoms with Crippen molar-refractivity contribution < 1.29 is 18.5 Å². The summed E-state index contributed by atoms with van der Waals surface area (Å²) in [4.78, 5) is 27.2. The fourth-order valence-electron chi connectivity index (χ4n) is 7.26. The maximum Gasteiger partial charge on any atom is 0.330 e. The average Bonchev–Trinajstić information content (AvgIpc) is 3.77. The Hall–Kier alpha value is -2.43. The first-order valence-electron chi connectivity index (χ1n) is 15.0. The number of aryl methyl sites for hydroxylation is 1. The predicted octanol–water partition coefficient (Wildman–Crippen LogP) is 3.29. The lowest BCUT2D eigenvalue weighted by Crippen LogP contribution is -2.58. The molecule has 0 saturated carbocycles. The predicted molar refractivity (Wildman–Crippen MR) is 164 cm³/mol. The highest BCUT2D eigenvalue weighted by atomic mass is 31.2. The van der Waals surface area contributed by atoms with Crippen LogP contribution < -0.4 is 21.6 Å². The number of fused-ring (bicyclic) bond motifs is 3. The lowest BCUT2D eigenvalue weighted by molar-refractivity contribution is -0.175. The van der Waals surface area contributed by atoms with E-state index in [4.69, 9.17) is 18.5 Å². The molecule has 0 radical (unpaired) electrons. The molecule has 42 heavy (non-hydrogen) atoms. The second-order valence-corrected chi connectivity index (χ2v) is 17.9. The molecule has 4 saturated heterocycles. The van der Waals surface area contributed by atoms with Gasteiger partial charge in [-0.25, -0.2) is 9.46 Å². The van der Waals surface area contributed by atoms with Gasteiger partial charge in [0.1, 0.15) is 25.9 Å². The van der Waals surface area contributed by atoms with Gasteiger partial charge in [-0.2, -0.15) is 0 Å². The zero-order chi connectivity index (χ0) is 29.1. The average molecular weight is 608 g/mol. The first-order valence-corrected chi connectivity index (χ1v) is 18.8. The van der Waals surface area contributed by atoms with Gasteiger partial charge in [0.05, 0.1) is 12.7 Å². The van der Waals surface area contributed by atoms with Crippen LogP contribution in [0.3, 0.4) is 0 Å². The molecule has 3 aromatic rings. The summed E-state index contributed by atoms with van der Waals surface area (Å²) in [5.74, 6) is 0. The normalized spacial score (nSPS) is 32.5. The van der Waals surface area contributed by atoms with Crippen molar-refractivity contribution in [2.24, 2.45) is 0 Å². The molecule has 11 heteroatoms. The zero-order valence-electron chi connectivity index (χ0n) is 24.3. The van der Waals surface area contributed by atoms with Crippen molar-refractivity contribution in [1.82, 2.24) is 14.2 Å². The number of benzene rings is 2. The minimum Gasteiger partial charge on any atom is -0.368 e. The fraction of sp³-hybridized carbons (Fsp3) is 0.484. The molecule has 4 fully saturated rings. The third-order valence-corrected chi connectivity index (χ3v) is 16.0. The Kier molecular flexibility index (Phi) is 7.38. The largest absolute Gasteiger partial charge is 0.368 e. The molecule has 1 N–H and O–H groups in total. The Labute approximate surface area is 247 Å². The van der Waals surface area contributed by atoms with Crippen LogP contribution in [0.25, 0.3) is 0 Å². The second kappa shape index (κ2) is 10.9. The molecule has 222 valence electrons. The molecular formula is C31H38N3O6PSi. The van der Waals surface area contributed by atoms with E-state index in [2.05, 4.69) is 83.8 Å². The van der Waals surface area contributed by atoms with Crippen LogP contribution in [0.15, 0.2) is 76.4 Å². The number of rotatable bonds is 8. The minimum absolute atomic E-state index is 0.0643. The van der Waals surface area contributed by atoms with Crippen molar-refractivity contribution in [3.05, 3.63) is 93.3 Å². The van der Waals surface area contributed by atoms with Crippen molar-refractivity contribution in [3.8, 4) is 0 Å². The van der Waals surface area contributed by atoms with Crippen molar-refractivity contribution in [2.75, 3.05) is 13.2 Å². The maximum atomic E-state index is 12.8. The molecule has 1 aromatic heterocycles. The number of aromatic amines is 1. The topological polar surface area (TPSA) is 95.0 Å². The van der Waals surface area contributed by atoms with Gasteiger partial charge in [0.2, 0.25) is 0 Å². The van der Waals surface area contributed by atoms with E-state index in [1.165, 1.54) is 14.9 Å². The van der Waals surface area contributed by atoms with E-state index in [1.807, 2.05) is 0 Å². The van der Waals surface area contributed by atoms with Gasteiger partial charge in [-0.1, -0.05) is 84.5 Å². The summed E-state index contributed by atoms with van der Waals surface area (Å²) in [5.41, 5.74) is -1.15. The van der Waals surface area contributed by atoms with Gasteiger partial charge in [0, 0.05) is 24.3 Å². The van der Waals surface area contributed by atoms with Crippen LogP contribution in [-0.4, -0.2) is 65.4 Å². The van der Waals surface area contributed by atoms with Gasteiger partial charge < -0.3 is 18.5 Å². The highest BCUT2D eigenvalue weighted by Crippen LogP contribution is 2.61. The Morgan fingerprint density at radius 2 is 1.79 bits per heavy atom. The highest BCUT2D eigenvalue weighted by Gasteiger charge is 2.64. The number of hydrogen-bond donors (Lipinski definition) is 1. The fourth-order valence-corrected chi connectivity index (χ4v) is 13.3. The Balaban J connectivity index is 1.16. The van der Waals surface area contributed by atoms with Crippen LogP contribution in [-0.2, 0) is 18.5 Å². The van der Waals surface area contributed by atoms with Gasteiger partial charge in [0.15, 0.2) is 6.23 Å². The number of nitrogens with zero attached hydrogens (tertiary/aromatic N) is 2. The van der Waals surface area contributed by atoms with Crippen LogP contribution in [0.5, 0.6) is 0 Å². The molecule has 0 amide bonds. The lowest BCUT2D eigenvalue weighted by atomic mass is 9.96. The van der Waals surface area contributed by atoms with Gasteiger partial charge in [-0.05, 0) is 32.2 Å². The van der Waals surface area contributed by atoms with Gasteiger partial charge in [-0.3, -0.25) is 14.3 Å². The number of ether oxygens (including phenoxy) is 2. The standard InChI is InChI=1S/C31H38N3O6PSi/c1-4-31-20-37-26(29(38-31)33-18-21(2)28(35)32-30(33)36)27(31)40-41-34-17-11-16-24(34)25(39-41)19-42(3,22-12-7-5-8-13-22)23-14-9-6-10-15-23/h5-10,12-15,18,24-27,29H,4,11,16-17,19-20H2,1-3H3,(H,32,35,36)/t24-,25+,26+,27?,29-,31-,41+/m1/s1. The second-order valence-electron chi connectivity index (χ2n) is 12.2. The van der Waals surface area contributed by atoms with Gasteiger partial charge >= 0.3 is 5.69 Å². The Morgan fingerprint density at radius 3 is 2.45 bits per heavy atom. The molecule has 7 atom stereocenters. The van der Waals surface area contributed by atoms with Crippen molar-refractivity contribution in [1.29, 1.82) is 0 Å². The summed E-state index contributed by atoms with van der Waals surface area (Å²) >= 11 is 0. The third-order valence-electron chi connectivity index (χ3n) is 9.76. The van der Waals surface area contributed by atoms with E-state index in [0.717, 1.165) is 25.4 Å². The molecule has 0 aliphatic carbocycles. The van der Waals surface area contributed by atoms with Crippen molar-refractivity contribution >= 4 is 27.0 Å². The summed E-state index contributed by atoms with van der Waals surface area (Å²) in [5, 5.41) is 2.82. The first kappa shape index (κ1) is 28.3. The lowest BCUT2D eigenvalue weighted by Gasteiger charge is -2.32. The summed E-state index contributed by atoms with van der Waals surface area (Å²) in [6.07, 6.45) is 2.96. The monoisotopic (exact) mass is 607 g/mol. The zero-order valence-corrected chi connectivity index (χ0v) is 26.2. The number of hydrogen-bond acceptors (Lipinski definition) is 7. The van der Waals surface area contributed by atoms with Gasteiger partial charge in [-0.15, -0.1) is 0 Å². The Morgan fingerprint density at radius 1 is 1.10 bits per heavy atom. The molecule has 4 aliphatic heterocycles. The number of H-pyrrole nitrogens is 1. The van der Waals surface area contributed by atoms with E-state index in [-0.39, 0.29) is 12.2 Å². The molecule has 1 unspecified atom stereocenters. The summed E-state index contributed by atoms with van der Waals surface area (Å²) < 4.78 is 30.5. The number of nitrogens with one attached hydrogen (secondary N) is 1. The third kappa shape index (κ3) is 4.59. The van der Waals surface area contributed by atoms with E-state index in [1.54, 1.807) is 13.1 Å². The van der Waals surface area contributed by atoms with Crippen LogP contribution in [0, 0.1) is 6.92 Å². The molecule has 2 aromatic carbocycles. The first-order chi connectivity index (χ1) is 20.3. The molecule has 5 heterocycles. The van der Waals surface area contributed by atoms with Gasteiger partial charge in [0.25, 0.3) is 14.1 Å². The summed E-state index contributed by atoms with van der Waals surface area (Å²) in [7, 11) is -3.46. The van der Waals surface area contributed by atoms with E-state index in [0.29, 0.717) is 24.6 Å². The molecule has 9 nitrogen and oxygen atoms in total. The van der Waals surface area contributed by atoms with E-state index >= 15 is 0 Å². The van der Waals surface area contributed by atoms with Crippen LogP contribution in [0.4, 0.5) is 0 Å². The highest BCUT2D eigenvalue weighted by molar-refractivity contribution is 7.45. The van der Waals surface area contributed by atoms with E-state index < -0.39 is 45.8 Å². The molecule has 4 aliphatic rings. The van der Waals surface area contributed by atoms with Crippen LogP contribution >= 0.6 is 8.53 Å². The van der Waals surface area contributed by atoms with E-state index in [9.17, 15) is 9.59 Å². The smallest absolute Gasteiger partial charge is 0.330 e. The molecular weight excluding hydrogens is 569 g/mol. The SMILES string of the molecule is CC[C@@]12CO[C@@H](C1O[P@]1O[C@@H](C[Si](C)(c3ccccc3)c3ccccc3)[C@H]3CCCN31)[C@H](n1cc(C)c(=O)[nH]c1=O)O2. The van der Waals surface area contributed by atoms with Crippen LogP contribution in [0.2, 0.25) is 12.6 Å². The molecule has 0 spiro atoms. The minimum atomic E-state index is -2.12.